The van der Waals surface area contributed by atoms with Crippen molar-refractivity contribution in [2.75, 3.05) is 13.1 Å². The van der Waals surface area contributed by atoms with E-state index in [1.165, 1.54) is 0 Å². The minimum absolute atomic E-state index is 0.0541. The highest BCUT2D eigenvalue weighted by Gasteiger charge is 2.17. The highest BCUT2D eigenvalue weighted by atomic mass is 35.5. The second-order valence-corrected chi connectivity index (χ2v) is 4.83. The molecule has 1 amide bonds. The number of Topliss-reactive ketones (excluding diaryl/α,β-unsaturated/α-hetero) is 1. The summed E-state index contributed by atoms with van der Waals surface area (Å²) >= 11 is 5.76. The van der Waals surface area contributed by atoms with Gasteiger partial charge in [0.25, 0.3) is 0 Å². The van der Waals surface area contributed by atoms with E-state index < -0.39 is 5.91 Å². The molecule has 0 aliphatic carbocycles. The molecule has 2 N–H and O–H groups in total. The summed E-state index contributed by atoms with van der Waals surface area (Å²) in [5.74, 6) is -0.491. The minimum Gasteiger partial charge on any atom is -0.369 e. The van der Waals surface area contributed by atoms with E-state index >= 15 is 0 Å². The van der Waals surface area contributed by atoms with Crippen LogP contribution in [0.3, 0.4) is 0 Å². The number of hydrogen-bond acceptors (Lipinski definition) is 3. The van der Waals surface area contributed by atoms with Crippen LogP contribution >= 0.6 is 11.6 Å². The number of amides is 1. The van der Waals surface area contributed by atoms with Crippen LogP contribution in [0.15, 0.2) is 24.3 Å². The van der Waals surface area contributed by atoms with Gasteiger partial charge in [0.15, 0.2) is 5.78 Å². The molecule has 18 heavy (non-hydrogen) atoms. The fourth-order valence-electron chi connectivity index (χ4n) is 1.53. The average Bonchev–Trinajstić information content (AvgIpc) is 2.28. The van der Waals surface area contributed by atoms with Crippen LogP contribution < -0.4 is 5.73 Å². The van der Waals surface area contributed by atoms with Gasteiger partial charge in [-0.15, -0.1) is 0 Å². The molecule has 5 heteroatoms. The summed E-state index contributed by atoms with van der Waals surface area (Å²) in [5, 5.41) is 0.587. The van der Waals surface area contributed by atoms with E-state index in [1.807, 2.05) is 13.8 Å². The number of ketones is 1. The lowest BCUT2D eigenvalue weighted by atomic mass is 10.1. The van der Waals surface area contributed by atoms with Gasteiger partial charge in [-0.3, -0.25) is 14.5 Å². The third kappa shape index (κ3) is 4.47. The molecule has 0 bridgehead atoms. The first kappa shape index (κ1) is 14.7. The van der Waals surface area contributed by atoms with E-state index in [0.717, 1.165) is 0 Å². The number of nitrogens with zero attached hydrogens (tertiary/aromatic N) is 1. The summed E-state index contributed by atoms with van der Waals surface area (Å²) in [5.41, 5.74) is 5.73. The number of hydrogen-bond donors (Lipinski definition) is 1. The lowest BCUT2D eigenvalue weighted by Crippen LogP contribution is -2.41. The quantitative estimate of drug-likeness (QED) is 0.799. The van der Waals surface area contributed by atoms with Crippen LogP contribution in [0.2, 0.25) is 5.02 Å². The molecule has 1 aromatic rings. The SMILES string of the molecule is CC(C)N(CC(N)=O)CC(=O)c1ccc(Cl)cc1. The van der Waals surface area contributed by atoms with Gasteiger partial charge in [0.2, 0.25) is 5.91 Å². The van der Waals surface area contributed by atoms with Crippen LogP contribution in [0, 0.1) is 0 Å². The Kier molecular flexibility index (Phi) is 5.31. The van der Waals surface area contributed by atoms with Gasteiger partial charge in [0.1, 0.15) is 0 Å². The molecular formula is C13H17ClN2O2. The van der Waals surface area contributed by atoms with E-state index in [4.69, 9.17) is 17.3 Å². The number of rotatable bonds is 6. The van der Waals surface area contributed by atoms with Gasteiger partial charge in [-0.2, -0.15) is 0 Å². The molecule has 0 radical (unpaired) electrons. The standard InChI is InChI=1S/C13H17ClN2O2/c1-9(2)16(8-13(15)18)7-12(17)10-3-5-11(14)6-4-10/h3-6,9H,7-8H2,1-2H3,(H2,15,18). The summed E-state index contributed by atoms with van der Waals surface area (Å²) in [6, 6.07) is 6.76. The number of carbonyl (C=O) groups excluding carboxylic acids is 2. The Hall–Kier alpha value is -1.39. The summed E-state index contributed by atoms with van der Waals surface area (Å²) in [7, 11) is 0. The van der Waals surface area contributed by atoms with Gasteiger partial charge < -0.3 is 5.73 Å². The molecule has 0 saturated carbocycles. The van der Waals surface area contributed by atoms with Crippen molar-refractivity contribution in [3.05, 3.63) is 34.9 Å². The number of carbonyl (C=O) groups is 2. The molecule has 0 atom stereocenters. The van der Waals surface area contributed by atoms with Gasteiger partial charge in [0, 0.05) is 16.6 Å². The minimum atomic E-state index is -0.437. The molecule has 0 aliphatic heterocycles. The normalized spacial score (nSPS) is 10.9. The Labute approximate surface area is 112 Å². The van der Waals surface area contributed by atoms with E-state index in [1.54, 1.807) is 29.2 Å². The maximum absolute atomic E-state index is 12.0. The lowest BCUT2D eigenvalue weighted by Gasteiger charge is -2.24. The van der Waals surface area contributed by atoms with E-state index in [9.17, 15) is 9.59 Å². The molecular weight excluding hydrogens is 252 g/mol. The van der Waals surface area contributed by atoms with Crippen LogP contribution in [0.4, 0.5) is 0 Å². The molecule has 0 heterocycles. The Morgan fingerprint density at radius 1 is 1.22 bits per heavy atom. The molecule has 4 nitrogen and oxygen atoms in total. The van der Waals surface area contributed by atoms with Crippen molar-refractivity contribution in [3.8, 4) is 0 Å². The Bertz CT molecular complexity index is 429. The third-order valence-electron chi connectivity index (χ3n) is 2.60. The Balaban J connectivity index is 2.72. The molecule has 0 spiro atoms. The Morgan fingerprint density at radius 2 is 1.78 bits per heavy atom. The van der Waals surface area contributed by atoms with E-state index in [2.05, 4.69) is 0 Å². The first-order valence-electron chi connectivity index (χ1n) is 5.71. The molecule has 0 aromatic heterocycles. The third-order valence-corrected chi connectivity index (χ3v) is 2.85. The smallest absolute Gasteiger partial charge is 0.231 e. The fourth-order valence-corrected chi connectivity index (χ4v) is 1.66. The maximum Gasteiger partial charge on any atom is 0.231 e. The Morgan fingerprint density at radius 3 is 2.22 bits per heavy atom. The highest BCUT2D eigenvalue weighted by molar-refractivity contribution is 6.30. The second-order valence-electron chi connectivity index (χ2n) is 4.40. The number of primary amides is 1. The molecule has 1 aromatic carbocycles. The second kappa shape index (κ2) is 6.52. The zero-order valence-electron chi connectivity index (χ0n) is 10.5. The first-order valence-corrected chi connectivity index (χ1v) is 6.09. The van der Waals surface area contributed by atoms with Crippen molar-refractivity contribution in [2.45, 2.75) is 19.9 Å². The van der Waals surface area contributed by atoms with Gasteiger partial charge >= 0.3 is 0 Å². The molecule has 1 rings (SSSR count). The van der Waals surface area contributed by atoms with Crippen molar-refractivity contribution >= 4 is 23.3 Å². The zero-order chi connectivity index (χ0) is 13.7. The fraction of sp³-hybridized carbons (Fsp3) is 0.385. The van der Waals surface area contributed by atoms with Crippen molar-refractivity contribution in [3.63, 3.8) is 0 Å². The predicted octanol–water partition coefficient (Wildman–Crippen LogP) is 1.72. The summed E-state index contributed by atoms with van der Waals surface area (Å²) in [6.07, 6.45) is 0. The first-order chi connectivity index (χ1) is 8.40. The van der Waals surface area contributed by atoms with Crippen LogP contribution in [-0.4, -0.2) is 35.7 Å². The van der Waals surface area contributed by atoms with Crippen LogP contribution in [0.1, 0.15) is 24.2 Å². The monoisotopic (exact) mass is 268 g/mol. The highest BCUT2D eigenvalue weighted by Crippen LogP contribution is 2.11. The van der Waals surface area contributed by atoms with Crippen molar-refractivity contribution < 1.29 is 9.59 Å². The van der Waals surface area contributed by atoms with Crippen LogP contribution in [-0.2, 0) is 4.79 Å². The molecule has 0 saturated heterocycles. The van der Waals surface area contributed by atoms with Crippen LogP contribution in [0.25, 0.3) is 0 Å². The van der Waals surface area contributed by atoms with E-state index in [0.29, 0.717) is 10.6 Å². The molecule has 0 aliphatic rings. The number of benzene rings is 1. The lowest BCUT2D eigenvalue weighted by molar-refractivity contribution is -0.119. The topological polar surface area (TPSA) is 63.4 Å². The summed E-state index contributed by atoms with van der Waals surface area (Å²) in [6.45, 7) is 4.08. The molecule has 98 valence electrons. The zero-order valence-corrected chi connectivity index (χ0v) is 11.3. The molecule has 0 fully saturated rings. The average molecular weight is 269 g/mol. The number of nitrogens with two attached hydrogens (primary N) is 1. The van der Waals surface area contributed by atoms with Crippen molar-refractivity contribution in [1.82, 2.24) is 4.90 Å². The predicted molar refractivity (Wildman–Crippen MR) is 71.7 cm³/mol. The van der Waals surface area contributed by atoms with E-state index in [-0.39, 0.29) is 24.9 Å². The largest absolute Gasteiger partial charge is 0.369 e. The van der Waals surface area contributed by atoms with Gasteiger partial charge in [-0.05, 0) is 38.1 Å². The van der Waals surface area contributed by atoms with Crippen molar-refractivity contribution in [1.29, 1.82) is 0 Å². The summed E-state index contributed by atoms with van der Waals surface area (Å²) in [4.78, 5) is 24.7. The van der Waals surface area contributed by atoms with Gasteiger partial charge in [0.05, 0.1) is 13.1 Å². The van der Waals surface area contributed by atoms with Gasteiger partial charge in [-0.1, -0.05) is 11.6 Å². The van der Waals surface area contributed by atoms with Crippen LogP contribution in [0.5, 0.6) is 0 Å². The van der Waals surface area contributed by atoms with Crippen molar-refractivity contribution in [2.24, 2.45) is 5.73 Å². The number of halogens is 1. The van der Waals surface area contributed by atoms with Gasteiger partial charge in [-0.25, -0.2) is 0 Å². The summed E-state index contributed by atoms with van der Waals surface area (Å²) < 4.78 is 0. The maximum atomic E-state index is 12.0. The molecule has 0 unspecified atom stereocenters.